The Morgan fingerprint density at radius 2 is 1.93 bits per heavy atom. The molecule has 3 N–H and O–H groups in total. The number of anilines is 1. The normalized spacial score (nSPS) is 31.7. The van der Waals surface area contributed by atoms with Crippen molar-refractivity contribution in [1.29, 1.82) is 0 Å². The van der Waals surface area contributed by atoms with Crippen LogP contribution in [-0.4, -0.2) is 29.1 Å². The number of hydrogen-bond donors (Lipinski definition) is 3. The maximum Gasteiger partial charge on any atom is 0.321 e. The third-order valence-electron chi connectivity index (χ3n) is 7.36. The lowest BCUT2D eigenvalue weighted by Crippen LogP contribution is -2.50. The molecular formula is C24H33ClN2O3. The highest BCUT2D eigenvalue weighted by atomic mass is 35.5. The summed E-state index contributed by atoms with van der Waals surface area (Å²) >= 11 is 6.22. The Balaban J connectivity index is 1.84. The lowest BCUT2D eigenvalue weighted by Gasteiger charge is -2.39. The first-order valence-corrected chi connectivity index (χ1v) is 11.6. The molecule has 5 nitrogen and oxygen atoms in total. The van der Waals surface area contributed by atoms with Crippen LogP contribution in [0.15, 0.2) is 18.2 Å². The number of hydrogen-bond acceptors (Lipinski definition) is 3. The lowest BCUT2D eigenvalue weighted by molar-refractivity contribution is -0.140. The van der Waals surface area contributed by atoms with E-state index >= 15 is 0 Å². The third-order valence-corrected chi connectivity index (χ3v) is 7.60. The number of carboxylic acids is 1. The van der Waals surface area contributed by atoms with Gasteiger partial charge in [-0.15, -0.1) is 0 Å². The molecular weight excluding hydrogens is 400 g/mol. The van der Waals surface area contributed by atoms with Crippen LogP contribution < -0.4 is 10.6 Å². The summed E-state index contributed by atoms with van der Waals surface area (Å²) in [5.41, 5.74) is 0.701. The lowest BCUT2D eigenvalue weighted by atomic mass is 9.62. The summed E-state index contributed by atoms with van der Waals surface area (Å²) in [5, 5.41) is 17.2. The average Bonchev–Trinajstić information content (AvgIpc) is 3.11. The largest absolute Gasteiger partial charge is 0.480 e. The van der Waals surface area contributed by atoms with Gasteiger partial charge in [0, 0.05) is 22.7 Å². The van der Waals surface area contributed by atoms with Crippen molar-refractivity contribution in [2.75, 3.05) is 5.32 Å². The molecule has 30 heavy (non-hydrogen) atoms. The number of aliphatic carboxylic acids is 1. The van der Waals surface area contributed by atoms with Gasteiger partial charge in [0.25, 0.3) is 0 Å². The van der Waals surface area contributed by atoms with Gasteiger partial charge >= 0.3 is 5.97 Å². The van der Waals surface area contributed by atoms with E-state index in [0.717, 1.165) is 30.5 Å². The molecule has 0 unspecified atom stereocenters. The first kappa shape index (κ1) is 21.6. The van der Waals surface area contributed by atoms with E-state index in [4.69, 9.17) is 11.6 Å². The van der Waals surface area contributed by atoms with E-state index in [-0.39, 0.29) is 23.3 Å². The molecule has 1 aromatic rings. The third kappa shape index (κ3) is 3.64. The van der Waals surface area contributed by atoms with Crippen molar-refractivity contribution in [1.82, 2.24) is 5.32 Å². The number of amides is 1. The summed E-state index contributed by atoms with van der Waals surface area (Å²) in [7, 11) is 0. The molecule has 0 radical (unpaired) electrons. The van der Waals surface area contributed by atoms with Gasteiger partial charge in [0.1, 0.15) is 6.04 Å². The van der Waals surface area contributed by atoms with Crippen molar-refractivity contribution < 1.29 is 14.7 Å². The Kier molecular flexibility index (Phi) is 5.65. The molecule has 1 saturated carbocycles. The zero-order valence-electron chi connectivity index (χ0n) is 18.1. The quantitative estimate of drug-likeness (QED) is 0.627. The van der Waals surface area contributed by atoms with Crippen molar-refractivity contribution in [3.8, 4) is 0 Å². The van der Waals surface area contributed by atoms with Gasteiger partial charge in [-0.05, 0) is 41.9 Å². The Labute approximate surface area is 184 Å². The minimum Gasteiger partial charge on any atom is -0.480 e. The molecule has 2 aliphatic heterocycles. The van der Waals surface area contributed by atoms with Gasteiger partial charge in [-0.25, -0.2) is 0 Å². The molecule has 1 aromatic carbocycles. The number of carbonyl (C=O) groups excluding carboxylic acids is 1. The number of nitrogens with one attached hydrogen (secondary N) is 2. The maximum atomic E-state index is 13.7. The van der Waals surface area contributed by atoms with Crippen LogP contribution in [0, 0.1) is 17.3 Å². The van der Waals surface area contributed by atoms with E-state index in [1.165, 1.54) is 19.3 Å². The zero-order valence-corrected chi connectivity index (χ0v) is 18.9. The highest BCUT2D eigenvalue weighted by Gasteiger charge is 2.65. The minimum absolute atomic E-state index is 0.0527. The van der Waals surface area contributed by atoms with E-state index in [9.17, 15) is 14.7 Å². The van der Waals surface area contributed by atoms with Crippen LogP contribution in [-0.2, 0) is 15.0 Å². The van der Waals surface area contributed by atoms with Crippen molar-refractivity contribution >= 4 is 29.2 Å². The minimum atomic E-state index is -0.881. The molecule has 1 amide bonds. The van der Waals surface area contributed by atoms with E-state index in [2.05, 4.69) is 31.4 Å². The van der Waals surface area contributed by atoms with Gasteiger partial charge in [-0.2, -0.15) is 0 Å². The number of carbonyl (C=O) groups is 2. The molecule has 1 aliphatic carbocycles. The van der Waals surface area contributed by atoms with E-state index < -0.39 is 17.4 Å². The zero-order chi connectivity index (χ0) is 21.7. The van der Waals surface area contributed by atoms with Crippen LogP contribution in [0.2, 0.25) is 5.02 Å². The highest BCUT2D eigenvalue weighted by Crippen LogP contribution is 2.55. The number of fused-ring (bicyclic) bond motifs is 2. The Hall–Kier alpha value is -1.59. The fourth-order valence-corrected chi connectivity index (χ4v) is 6.38. The summed E-state index contributed by atoms with van der Waals surface area (Å²) < 4.78 is 0. The Morgan fingerprint density at radius 1 is 1.23 bits per heavy atom. The van der Waals surface area contributed by atoms with Crippen molar-refractivity contribution in [3.63, 3.8) is 0 Å². The van der Waals surface area contributed by atoms with Gasteiger partial charge in [-0.3, -0.25) is 14.9 Å². The second-order valence-corrected chi connectivity index (χ2v) is 11.1. The van der Waals surface area contributed by atoms with Crippen LogP contribution in [0.1, 0.15) is 71.3 Å². The van der Waals surface area contributed by atoms with Crippen LogP contribution in [0.4, 0.5) is 5.69 Å². The molecule has 4 atom stereocenters. The van der Waals surface area contributed by atoms with E-state index in [0.29, 0.717) is 17.4 Å². The van der Waals surface area contributed by atoms with Crippen molar-refractivity contribution in [3.05, 3.63) is 28.8 Å². The van der Waals surface area contributed by atoms with Gasteiger partial charge in [0.05, 0.1) is 5.41 Å². The molecule has 2 fully saturated rings. The Morgan fingerprint density at radius 3 is 2.57 bits per heavy atom. The summed E-state index contributed by atoms with van der Waals surface area (Å²) in [5.74, 6) is -0.748. The molecule has 1 saturated heterocycles. The predicted octanol–water partition coefficient (Wildman–Crippen LogP) is 4.98. The molecule has 164 valence electrons. The Bertz CT molecular complexity index is 843. The summed E-state index contributed by atoms with van der Waals surface area (Å²) in [6, 6.07) is 4.58. The van der Waals surface area contributed by atoms with Crippen LogP contribution in [0.5, 0.6) is 0 Å². The molecule has 4 rings (SSSR count). The number of benzene rings is 1. The van der Waals surface area contributed by atoms with E-state index in [1.807, 2.05) is 12.1 Å². The molecule has 1 spiro atoms. The van der Waals surface area contributed by atoms with Crippen LogP contribution in [0.3, 0.4) is 0 Å². The number of rotatable bonds is 4. The molecule has 0 aromatic heterocycles. The van der Waals surface area contributed by atoms with Gasteiger partial charge in [0.2, 0.25) is 5.91 Å². The van der Waals surface area contributed by atoms with Crippen LogP contribution >= 0.6 is 11.6 Å². The smallest absolute Gasteiger partial charge is 0.321 e. The van der Waals surface area contributed by atoms with Gasteiger partial charge in [0.15, 0.2) is 0 Å². The maximum absolute atomic E-state index is 13.7. The second kappa shape index (κ2) is 7.83. The van der Waals surface area contributed by atoms with Crippen LogP contribution in [0.25, 0.3) is 0 Å². The molecule has 2 heterocycles. The van der Waals surface area contributed by atoms with E-state index in [1.54, 1.807) is 6.07 Å². The predicted molar refractivity (Wildman–Crippen MR) is 119 cm³/mol. The first-order chi connectivity index (χ1) is 14.1. The summed E-state index contributed by atoms with van der Waals surface area (Å²) in [6.07, 6.45) is 7.36. The topological polar surface area (TPSA) is 78.4 Å². The summed E-state index contributed by atoms with van der Waals surface area (Å²) in [6.45, 7) is 6.42. The first-order valence-electron chi connectivity index (χ1n) is 11.2. The van der Waals surface area contributed by atoms with Crippen molar-refractivity contribution in [2.24, 2.45) is 17.3 Å². The summed E-state index contributed by atoms with van der Waals surface area (Å²) in [4.78, 5) is 26.1. The SMILES string of the molecule is CC(C)(C)C[C@H]1N[C@@H](C(=O)O)[C@H](CC2CCCCC2)[C@@]12C(=O)Nc1cc(Cl)ccc12. The second-order valence-electron chi connectivity index (χ2n) is 10.7. The molecule has 6 heteroatoms. The fourth-order valence-electron chi connectivity index (χ4n) is 6.21. The number of carboxylic acid groups (broad SMARTS) is 1. The standard InChI is InChI=1S/C24H33ClN2O3/c1-23(2,3)13-19-24(16-10-9-15(25)12-18(16)26-22(24)30)17(20(27-19)21(28)29)11-14-7-5-4-6-8-14/h9-10,12,14,17,19-20,27H,4-8,11,13H2,1-3H3,(H,26,30)(H,28,29)/t17-,19+,20+,24+/m0/s1. The average molecular weight is 433 g/mol. The molecule has 0 bridgehead atoms. The van der Waals surface area contributed by atoms with Gasteiger partial charge in [-0.1, -0.05) is 70.5 Å². The van der Waals surface area contributed by atoms with Crippen molar-refractivity contribution in [2.45, 2.75) is 83.2 Å². The number of halogens is 1. The highest BCUT2D eigenvalue weighted by molar-refractivity contribution is 6.31. The van der Waals surface area contributed by atoms with Gasteiger partial charge < -0.3 is 10.4 Å². The fraction of sp³-hybridized carbons (Fsp3) is 0.667. The molecule has 3 aliphatic rings. The monoisotopic (exact) mass is 432 g/mol.